The van der Waals surface area contributed by atoms with Gasteiger partial charge in [-0.1, -0.05) is 6.92 Å². The highest BCUT2D eigenvalue weighted by Gasteiger charge is 2.58. The van der Waals surface area contributed by atoms with Gasteiger partial charge >= 0.3 is 11.9 Å². The van der Waals surface area contributed by atoms with E-state index in [0.717, 1.165) is 11.1 Å². The minimum Gasteiger partial charge on any atom is -0.462 e. The molecule has 2 fully saturated rings. The predicted molar refractivity (Wildman–Crippen MR) is 80.1 cm³/mol. The maximum atomic E-state index is 12.1. The van der Waals surface area contributed by atoms with Crippen molar-refractivity contribution in [1.82, 2.24) is 0 Å². The zero-order valence-corrected chi connectivity index (χ0v) is 13.9. The van der Waals surface area contributed by atoms with Crippen molar-refractivity contribution >= 4 is 11.9 Å². The van der Waals surface area contributed by atoms with Crippen LogP contribution in [0.3, 0.4) is 0 Å². The van der Waals surface area contributed by atoms with E-state index in [-0.39, 0.29) is 24.2 Å². The summed E-state index contributed by atoms with van der Waals surface area (Å²) in [6.07, 6.45) is -1.14. The SMILES string of the molecule is CC(=O)O[C@H]1C[C@@](C)(O)[C@@H]2C[C@@H](O)C(C)=C2[C@H]2OC(=O)[C@@H](C)[C@@H]12. The molecule has 3 aliphatic rings. The third kappa shape index (κ3) is 2.48. The third-order valence-electron chi connectivity index (χ3n) is 5.75. The lowest BCUT2D eigenvalue weighted by Gasteiger charge is -2.32. The largest absolute Gasteiger partial charge is 0.462 e. The van der Waals surface area contributed by atoms with Gasteiger partial charge in [-0.2, -0.15) is 0 Å². The van der Waals surface area contributed by atoms with Crippen molar-refractivity contribution in [2.24, 2.45) is 17.8 Å². The van der Waals surface area contributed by atoms with Crippen molar-refractivity contribution in [3.8, 4) is 0 Å². The topological polar surface area (TPSA) is 93.1 Å². The first-order chi connectivity index (χ1) is 10.6. The Labute approximate surface area is 135 Å². The van der Waals surface area contributed by atoms with Crippen LogP contribution >= 0.6 is 0 Å². The molecular weight excluding hydrogens is 300 g/mol. The third-order valence-corrected chi connectivity index (χ3v) is 5.75. The molecule has 0 aromatic rings. The van der Waals surface area contributed by atoms with E-state index in [9.17, 15) is 19.8 Å². The second-order valence-corrected chi connectivity index (χ2v) is 7.38. The van der Waals surface area contributed by atoms with Gasteiger partial charge in [-0.05, 0) is 31.4 Å². The molecule has 6 nitrogen and oxygen atoms in total. The van der Waals surface area contributed by atoms with E-state index < -0.39 is 35.8 Å². The zero-order valence-electron chi connectivity index (χ0n) is 13.9. The van der Waals surface area contributed by atoms with Crippen LogP contribution in [0.2, 0.25) is 0 Å². The Morgan fingerprint density at radius 2 is 2.09 bits per heavy atom. The number of rotatable bonds is 1. The first-order valence-electron chi connectivity index (χ1n) is 8.12. The van der Waals surface area contributed by atoms with E-state index in [4.69, 9.17) is 9.47 Å². The molecule has 1 saturated heterocycles. The minimum atomic E-state index is -1.13. The molecule has 0 aromatic carbocycles. The molecule has 1 aliphatic heterocycles. The standard InChI is InChI=1S/C17H24O6/c1-7-11(19)5-10-13(7)15-14(8(2)16(20)23-15)12(22-9(3)18)6-17(10,4)21/h8,10-12,14-15,19,21H,5-6H2,1-4H3/t8-,10+,11+,12-,14-,15+,17+/m0/s1. The van der Waals surface area contributed by atoms with Crippen molar-refractivity contribution in [3.63, 3.8) is 0 Å². The first-order valence-corrected chi connectivity index (χ1v) is 8.12. The Balaban J connectivity index is 2.10. The highest BCUT2D eigenvalue weighted by Crippen LogP contribution is 2.52. The number of carbonyl (C=O) groups is 2. The van der Waals surface area contributed by atoms with Gasteiger partial charge in [-0.25, -0.2) is 0 Å². The molecule has 23 heavy (non-hydrogen) atoms. The van der Waals surface area contributed by atoms with Crippen LogP contribution < -0.4 is 0 Å². The zero-order chi connectivity index (χ0) is 17.1. The summed E-state index contributed by atoms with van der Waals surface area (Å²) in [4.78, 5) is 23.6. The van der Waals surface area contributed by atoms with Crippen LogP contribution in [0.1, 0.15) is 40.5 Å². The van der Waals surface area contributed by atoms with Gasteiger partial charge in [-0.3, -0.25) is 9.59 Å². The van der Waals surface area contributed by atoms with Gasteiger partial charge in [-0.15, -0.1) is 0 Å². The van der Waals surface area contributed by atoms with Gasteiger partial charge in [0.1, 0.15) is 12.2 Å². The lowest BCUT2D eigenvalue weighted by molar-refractivity contribution is -0.154. The summed E-state index contributed by atoms with van der Waals surface area (Å²) in [5.74, 6) is -1.81. The molecule has 0 radical (unpaired) electrons. The van der Waals surface area contributed by atoms with Crippen LogP contribution in [-0.4, -0.2) is 46.1 Å². The average molecular weight is 324 g/mol. The molecule has 0 bridgehead atoms. The highest BCUT2D eigenvalue weighted by molar-refractivity contribution is 5.76. The van der Waals surface area contributed by atoms with E-state index >= 15 is 0 Å². The van der Waals surface area contributed by atoms with Gasteiger partial charge in [0.2, 0.25) is 0 Å². The number of aliphatic hydroxyl groups is 2. The summed E-state index contributed by atoms with van der Waals surface area (Å²) in [6.45, 7) is 6.61. The number of hydrogen-bond donors (Lipinski definition) is 2. The summed E-state index contributed by atoms with van der Waals surface area (Å²) in [5.41, 5.74) is 0.431. The van der Waals surface area contributed by atoms with E-state index in [0.29, 0.717) is 6.42 Å². The highest BCUT2D eigenvalue weighted by atomic mass is 16.6. The van der Waals surface area contributed by atoms with Crippen LogP contribution in [0.25, 0.3) is 0 Å². The molecule has 0 spiro atoms. The fourth-order valence-electron chi connectivity index (χ4n) is 4.54. The van der Waals surface area contributed by atoms with Crippen LogP contribution in [0, 0.1) is 17.8 Å². The molecule has 0 amide bonds. The van der Waals surface area contributed by atoms with Crippen molar-refractivity contribution in [2.75, 3.05) is 0 Å². The second-order valence-electron chi connectivity index (χ2n) is 7.38. The Bertz CT molecular complexity index is 578. The number of fused-ring (bicyclic) bond motifs is 3. The van der Waals surface area contributed by atoms with Crippen molar-refractivity contribution < 1.29 is 29.3 Å². The first kappa shape index (κ1) is 16.5. The number of hydrogen-bond acceptors (Lipinski definition) is 6. The van der Waals surface area contributed by atoms with Gasteiger partial charge in [0, 0.05) is 19.3 Å². The van der Waals surface area contributed by atoms with Crippen molar-refractivity contribution in [2.45, 2.75) is 64.4 Å². The summed E-state index contributed by atoms with van der Waals surface area (Å²) >= 11 is 0. The molecule has 0 aromatic heterocycles. The maximum absolute atomic E-state index is 12.1. The van der Waals surface area contributed by atoms with Gasteiger partial charge < -0.3 is 19.7 Å². The normalized spacial score (nSPS) is 46.1. The summed E-state index contributed by atoms with van der Waals surface area (Å²) in [6, 6.07) is 0. The molecule has 2 N–H and O–H groups in total. The monoisotopic (exact) mass is 324 g/mol. The molecule has 7 atom stereocenters. The van der Waals surface area contributed by atoms with Crippen LogP contribution in [0.15, 0.2) is 11.1 Å². The lowest BCUT2D eigenvalue weighted by Crippen LogP contribution is -2.40. The number of esters is 2. The fraction of sp³-hybridized carbons (Fsp3) is 0.765. The fourth-order valence-corrected chi connectivity index (χ4v) is 4.54. The van der Waals surface area contributed by atoms with Gasteiger partial charge in [0.15, 0.2) is 0 Å². The summed E-state index contributed by atoms with van der Waals surface area (Å²) < 4.78 is 11.0. The lowest BCUT2D eigenvalue weighted by atomic mass is 9.81. The molecule has 3 rings (SSSR count). The van der Waals surface area contributed by atoms with E-state index in [1.165, 1.54) is 6.92 Å². The smallest absolute Gasteiger partial charge is 0.309 e. The second kappa shape index (κ2) is 5.31. The number of ether oxygens (including phenoxy) is 2. The number of carbonyl (C=O) groups excluding carboxylic acids is 2. The minimum absolute atomic E-state index is 0.225. The van der Waals surface area contributed by atoms with E-state index in [2.05, 4.69) is 0 Å². The van der Waals surface area contributed by atoms with Crippen LogP contribution in [0.4, 0.5) is 0 Å². The molecule has 0 unspecified atom stereocenters. The predicted octanol–water partition coefficient (Wildman–Crippen LogP) is 0.948. The summed E-state index contributed by atoms with van der Waals surface area (Å²) in [7, 11) is 0. The van der Waals surface area contributed by atoms with Crippen LogP contribution in [-0.2, 0) is 19.1 Å². The van der Waals surface area contributed by atoms with Crippen molar-refractivity contribution in [3.05, 3.63) is 11.1 Å². The Kier molecular flexibility index (Phi) is 3.80. The van der Waals surface area contributed by atoms with Crippen molar-refractivity contribution in [1.29, 1.82) is 0 Å². The van der Waals surface area contributed by atoms with E-state index in [1.54, 1.807) is 13.8 Å². The molecule has 1 saturated carbocycles. The average Bonchev–Trinajstić information content (AvgIpc) is 2.84. The molecule has 128 valence electrons. The molecule has 6 heteroatoms. The molecule has 2 aliphatic carbocycles. The summed E-state index contributed by atoms with van der Waals surface area (Å²) in [5, 5.41) is 21.2. The molecular formula is C17H24O6. The molecule has 1 heterocycles. The van der Waals surface area contributed by atoms with Gasteiger partial charge in [0.25, 0.3) is 0 Å². The Morgan fingerprint density at radius 1 is 1.43 bits per heavy atom. The van der Waals surface area contributed by atoms with E-state index in [1.807, 2.05) is 6.92 Å². The quantitative estimate of drug-likeness (QED) is 0.551. The maximum Gasteiger partial charge on any atom is 0.309 e. The Morgan fingerprint density at radius 3 is 2.70 bits per heavy atom. The van der Waals surface area contributed by atoms with Crippen LogP contribution in [0.5, 0.6) is 0 Å². The Hall–Kier alpha value is -1.40. The number of aliphatic hydroxyl groups excluding tert-OH is 1. The van der Waals surface area contributed by atoms with Gasteiger partial charge in [0.05, 0.1) is 23.5 Å².